The molecule has 0 radical (unpaired) electrons. The van der Waals surface area contributed by atoms with Crippen LogP contribution in [0.1, 0.15) is 15.9 Å². The first-order valence-electron chi connectivity index (χ1n) is 6.97. The van der Waals surface area contributed by atoms with Crippen LogP contribution in [0.5, 0.6) is 0 Å². The average molecular weight is 431 g/mol. The molecule has 0 fully saturated rings. The van der Waals surface area contributed by atoms with Crippen LogP contribution in [-0.4, -0.2) is 61.0 Å². The number of carboxylic acids is 1. The van der Waals surface area contributed by atoms with Gasteiger partial charge in [-0.15, -0.1) is 47.0 Å². The van der Waals surface area contributed by atoms with Gasteiger partial charge < -0.3 is 30.3 Å². The molecule has 6 nitrogen and oxygen atoms in total. The molecule has 0 unspecified atom stereocenters. The third-order valence-electron chi connectivity index (χ3n) is 3.87. The molecule has 1 aromatic rings. The Morgan fingerprint density at radius 1 is 0.840 bits per heavy atom. The number of aliphatic hydroxyl groups excluding tert-OH is 4. The summed E-state index contributed by atoms with van der Waals surface area (Å²) in [5.41, 5.74) is 0.834. The SMILES string of the molecule is Cc1c2c(c(C(=O)[O-])c3c1SC(CO)(CO)S3)SC(CO)(CO)S2.[Na+]. The van der Waals surface area contributed by atoms with Crippen LogP contribution in [0.25, 0.3) is 0 Å². The summed E-state index contributed by atoms with van der Waals surface area (Å²) in [7, 11) is 0. The Labute approximate surface area is 183 Å². The molecular weight excluding hydrogens is 415 g/mol. The zero-order valence-electron chi connectivity index (χ0n) is 13.6. The molecule has 25 heavy (non-hydrogen) atoms. The van der Waals surface area contributed by atoms with Gasteiger partial charge in [0.2, 0.25) is 0 Å². The van der Waals surface area contributed by atoms with Crippen molar-refractivity contribution in [2.24, 2.45) is 0 Å². The summed E-state index contributed by atoms with van der Waals surface area (Å²) < 4.78 is -1.85. The van der Waals surface area contributed by atoms with Crippen LogP contribution >= 0.6 is 47.0 Å². The van der Waals surface area contributed by atoms with Crippen molar-refractivity contribution in [3.8, 4) is 0 Å². The monoisotopic (exact) mass is 430 g/mol. The van der Waals surface area contributed by atoms with E-state index in [9.17, 15) is 30.3 Å². The molecule has 0 saturated carbocycles. The van der Waals surface area contributed by atoms with Gasteiger partial charge in [0.15, 0.2) is 0 Å². The first-order chi connectivity index (χ1) is 11.4. The largest absolute Gasteiger partial charge is 1.00 e. The van der Waals surface area contributed by atoms with Crippen molar-refractivity contribution in [2.75, 3.05) is 26.4 Å². The zero-order valence-corrected chi connectivity index (χ0v) is 18.8. The van der Waals surface area contributed by atoms with Crippen molar-refractivity contribution in [3.63, 3.8) is 0 Å². The van der Waals surface area contributed by atoms with E-state index in [4.69, 9.17) is 0 Å². The molecule has 2 aliphatic heterocycles. The number of aliphatic hydroxyl groups is 4. The number of hydrogen-bond donors (Lipinski definition) is 4. The minimum Gasteiger partial charge on any atom is -0.545 e. The third kappa shape index (κ3) is 3.53. The van der Waals surface area contributed by atoms with Crippen molar-refractivity contribution in [2.45, 2.75) is 34.7 Å². The Hall–Kier alpha value is 0.930. The molecule has 0 saturated heterocycles. The molecule has 0 aromatic heterocycles. The summed E-state index contributed by atoms with van der Waals surface area (Å²) in [5, 5.41) is 50.3. The minimum absolute atomic E-state index is 0. The molecule has 0 atom stereocenters. The van der Waals surface area contributed by atoms with E-state index in [1.54, 1.807) is 0 Å². The minimum atomic E-state index is -1.35. The number of carboxylic acid groups (broad SMARTS) is 1. The summed E-state index contributed by atoms with van der Waals surface area (Å²) >= 11 is 4.75. The number of thioether (sulfide) groups is 4. The maximum atomic E-state index is 11.8. The number of benzene rings is 1. The van der Waals surface area contributed by atoms with E-state index in [1.165, 1.54) is 23.5 Å². The summed E-state index contributed by atoms with van der Waals surface area (Å²) in [5.74, 6) is -1.35. The van der Waals surface area contributed by atoms with Gasteiger partial charge in [-0.25, -0.2) is 0 Å². The van der Waals surface area contributed by atoms with Crippen LogP contribution in [0.4, 0.5) is 0 Å². The third-order valence-corrected chi connectivity index (χ3v) is 10.3. The van der Waals surface area contributed by atoms with E-state index < -0.39 is 14.1 Å². The molecule has 1 aromatic carbocycles. The molecule has 0 aliphatic carbocycles. The van der Waals surface area contributed by atoms with Crippen molar-refractivity contribution < 1.29 is 59.9 Å². The summed E-state index contributed by atoms with van der Waals surface area (Å²) in [6, 6.07) is 0. The first kappa shape index (κ1) is 22.2. The van der Waals surface area contributed by atoms with Gasteiger partial charge in [0, 0.05) is 25.1 Å². The predicted octanol–water partition coefficient (Wildman–Crippen LogP) is -2.88. The van der Waals surface area contributed by atoms with Gasteiger partial charge in [0.05, 0.1) is 32.4 Å². The number of aromatic carboxylic acids is 1. The van der Waals surface area contributed by atoms with Gasteiger partial charge >= 0.3 is 29.6 Å². The fraction of sp³-hybridized carbons (Fsp3) is 0.500. The maximum absolute atomic E-state index is 11.8. The normalized spacial score (nSPS) is 19.2. The number of fused-ring (bicyclic) bond motifs is 2. The molecule has 0 bridgehead atoms. The van der Waals surface area contributed by atoms with E-state index in [2.05, 4.69) is 0 Å². The van der Waals surface area contributed by atoms with Crippen molar-refractivity contribution in [1.82, 2.24) is 0 Å². The first-order valence-corrected chi connectivity index (χ1v) is 10.2. The van der Waals surface area contributed by atoms with Crippen LogP contribution in [-0.2, 0) is 0 Å². The molecule has 3 rings (SSSR count). The Morgan fingerprint density at radius 3 is 1.44 bits per heavy atom. The van der Waals surface area contributed by atoms with Crippen LogP contribution < -0.4 is 34.7 Å². The van der Waals surface area contributed by atoms with Crippen LogP contribution in [0, 0.1) is 6.92 Å². The molecule has 2 heterocycles. The van der Waals surface area contributed by atoms with Crippen LogP contribution in [0.15, 0.2) is 19.6 Å². The van der Waals surface area contributed by atoms with E-state index >= 15 is 0 Å². The molecule has 11 heteroatoms. The second-order valence-corrected chi connectivity index (χ2v) is 11.6. The number of carbonyl (C=O) groups excluding carboxylic acids is 1. The van der Waals surface area contributed by atoms with E-state index in [0.29, 0.717) is 19.6 Å². The average Bonchev–Trinajstić information content (AvgIpc) is 3.15. The summed E-state index contributed by atoms with van der Waals surface area (Å²) in [6.07, 6.45) is 0. The Bertz CT molecular complexity index is 656. The van der Waals surface area contributed by atoms with Crippen LogP contribution in [0.3, 0.4) is 0 Å². The summed E-state index contributed by atoms with van der Waals surface area (Å²) in [4.78, 5) is 14.1. The quantitative estimate of drug-likeness (QED) is 0.363. The van der Waals surface area contributed by atoms with E-state index in [-0.39, 0.29) is 61.5 Å². The molecule has 0 amide bonds. The number of carbonyl (C=O) groups is 1. The van der Waals surface area contributed by atoms with Gasteiger partial charge in [-0.3, -0.25) is 0 Å². The molecule has 0 spiro atoms. The second-order valence-electron chi connectivity index (χ2n) is 5.47. The van der Waals surface area contributed by atoms with Gasteiger partial charge in [-0.05, 0) is 12.5 Å². The topological polar surface area (TPSA) is 121 Å². The smallest absolute Gasteiger partial charge is 0.545 e. The Kier molecular flexibility index (Phi) is 7.22. The van der Waals surface area contributed by atoms with E-state index in [0.717, 1.165) is 29.1 Å². The van der Waals surface area contributed by atoms with Gasteiger partial charge in [-0.1, -0.05) is 0 Å². The van der Waals surface area contributed by atoms with Gasteiger partial charge in [-0.2, -0.15) is 0 Å². The van der Waals surface area contributed by atoms with Gasteiger partial charge in [0.1, 0.15) is 8.16 Å². The Balaban J connectivity index is 0.00000225. The molecular formula is C14H15NaO6S4. The fourth-order valence-electron chi connectivity index (χ4n) is 2.54. The van der Waals surface area contributed by atoms with E-state index in [1.807, 2.05) is 6.92 Å². The fourth-order valence-corrected chi connectivity index (χ4v) is 8.48. The molecule has 4 N–H and O–H groups in total. The predicted molar refractivity (Wildman–Crippen MR) is 92.7 cm³/mol. The standard InChI is InChI=1S/C14H16O6S4.Na/c1-6-8-10(23-13(2-15,3-16)21-8)7(12(19)20)11-9(6)22-14(4-17,5-18)24-11;/h15-18H,2-5H2,1H3,(H,19,20);/q;+1/p-1. The summed E-state index contributed by atoms with van der Waals surface area (Å²) in [6.45, 7) is 0.625. The molecule has 132 valence electrons. The van der Waals surface area contributed by atoms with Crippen molar-refractivity contribution in [1.29, 1.82) is 0 Å². The van der Waals surface area contributed by atoms with Crippen LogP contribution in [0.2, 0.25) is 0 Å². The zero-order chi connectivity index (χ0) is 17.7. The number of rotatable bonds is 5. The second kappa shape index (κ2) is 8.12. The molecule has 2 aliphatic rings. The van der Waals surface area contributed by atoms with Crippen molar-refractivity contribution in [3.05, 3.63) is 11.1 Å². The van der Waals surface area contributed by atoms with Gasteiger partial charge in [0.25, 0.3) is 0 Å². The number of hydrogen-bond acceptors (Lipinski definition) is 10. The Morgan fingerprint density at radius 2 is 1.16 bits per heavy atom. The van der Waals surface area contributed by atoms with Crippen molar-refractivity contribution >= 4 is 53.0 Å². The maximum Gasteiger partial charge on any atom is 1.00 e.